The summed E-state index contributed by atoms with van der Waals surface area (Å²) in [5, 5.41) is 11.2. The van der Waals surface area contributed by atoms with E-state index in [0.717, 1.165) is 19.3 Å². The zero-order valence-corrected chi connectivity index (χ0v) is 13.1. The number of Topliss-reactive ketones (excluding diaryl/α,β-unsaturated/α-hetero) is 1. The van der Waals surface area contributed by atoms with Gasteiger partial charge >= 0.3 is 0 Å². The number of amides is 1. The molecule has 0 saturated carbocycles. The lowest BCUT2D eigenvalue weighted by molar-refractivity contribution is -0.141. The SMILES string of the molecule is CCCCCN1C(=O)C(O)(CC(C)=O)c2cccc(Cl)c21. The van der Waals surface area contributed by atoms with Gasteiger partial charge in [-0.15, -0.1) is 0 Å². The van der Waals surface area contributed by atoms with E-state index in [1.165, 1.54) is 11.8 Å². The Balaban J connectivity index is 2.43. The van der Waals surface area contributed by atoms with E-state index in [1.807, 2.05) is 0 Å². The van der Waals surface area contributed by atoms with Crippen molar-refractivity contribution in [3.05, 3.63) is 28.8 Å². The smallest absolute Gasteiger partial charge is 0.264 e. The van der Waals surface area contributed by atoms with Crippen LogP contribution in [0.4, 0.5) is 5.69 Å². The molecule has 5 heteroatoms. The van der Waals surface area contributed by atoms with Crippen LogP contribution < -0.4 is 4.90 Å². The van der Waals surface area contributed by atoms with Crippen molar-refractivity contribution < 1.29 is 14.7 Å². The minimum Gasteiger partial charge on any atom is -0.375 e. The number of aliphatic hydroxyl groups is 1. The zero-order valence-electron chi connectivity index (χ0n) is 12.4. The minimum absolute atomic E-state index is 0.219. The standard InChI is InChI=1S/C16H20ClNO3/c1-3-4-5-9-18-14-12(7-6-8-13(14)17)16(21,15(18)20)10-11(2)19/h6-8,21H,3-5,9-10H2,1-2H3. The molecule has 0 aliphatic carbocycles. The van der Waals surface area contributed by atoms with Crippen LogP contribution in [-0.4, -0.2) is 23.3 Å². The number of carbonyl (C=O) groups is 2. The largest absolute Gasteiger partial charge is 0.375 e. The van der Waals surface area contributed by atoms with Gasteiger partial charge in [0.25, 0.3) is 5.91 Å². The van der Waals surface area contributed by atoms with Crippen molar-refractivity contribution in [2.45, 2.75) is 45.1 Å². The van der Waals surface area contributed by atoms with Crippen molar-refractivity contribution in [1.29, 1.82) is 0 Å². The number of carbonyl (C=O) groups excluding carboxylic acids is 2. The number of fused-ring (bicyclic) bond motifs is 1. The predicted molar refractivity (Wildman–Crippen MR) is 82.5 cm³/mol. The van der Waals surface area contributed by atoms with Gasteiger partial charge in [0.2, 0.25) is 0 Å². The molecule has 0 aromatic heterocycles. The van der Waals surface area contributed by atoms with Gasteiger partial charge < -0.3 is 10.0 Å². The van der Waals surface area contributed by atoms with Crippen molar-refractivity contribution in [1.82, 2.24) is 0 Å². The molecule has 1 atom stereocenters. The van der Waals surface area contributed by atoms with E-state index in [2.05, 4.69) is 6.92 Å². The number of anilines is 1. The highest BCUT2D eigenvalue weighted by atomic mass is 35.5. The molecule has 0 saturated heterocycles. The first-order valence-electron chi connectivity index (χ1n) is 7.24. The Bertz CT molecular complexity index is 573. The Kier molecular flexibility index (Phi) is 4.69. The number of nitrogens with zero attached hydrogens (tertiary/aromatic N) is 1. The van der Waals surface area contributed by atoms with Gasteiger partial charge in [-0.3, -0.25) is 9.59 Å². The normalized spacial score (nSPS) is 20.8. The molecule has 1 N–H and O–H groups in total. The van der Waals surface area contributed by atoms with Crippen molar-refractivity contribution in [2.75, 3.05) is 11.4 Å². The quantitative estimate of drug-likeness (QED) is 0.822. The summed E-state index contributed by atoms with van der Waals surface area (Å²) in [6, 6.07) is 5.05. The molecule has 4 nitrogen and oxygen atoms in total. The lowest BCUT2D eigenvalue weighted by atomic mass is 9.90. The van der Waals surface area contributed by atoms with Gasteiger partial charge in [0.05, 0.1) is 10.7 Å². The third-order valence-corrected chi connectivity index (χ3v) is 4.10. The van der Waals surface area contributed by atoms with E-state index in [4.69, 9.17) is 11.6 Å². The van der Waals surface area contributed by atoms with Crippen molar-refractivity contribution in [3.8, 4) is 0 Å². The zero-order chi connectivity index (χ0) is 15.6. The maximum Gasteiger partial charge on any atom is 0.264 e. The summed E-state index contributed by atoms with van der Waals surface area (Å²) < 4.78 is 0. The van der Waals surface area contributed by atoms with Crippen molar-refractivity contribution in [2.24, 2.45) is 0 Å². The van der Waals surface area contributed by atoms with Crippen molar-refractivity contribution in [3.63, 3.8) is 0 Å². The van der Waals surface area contributed by atoms with Crippen LogP contribution in [0.5, 0.6) is 0 Å². The Morgan fingerprint density at radius 2 is 2.10 bits per heavy atom. The fourth-order valence-electron chi connectivity index (χ4n) is 2.83. The second kappa shape index (κ2) is 6.16. The predicted octanol–water partition coefficient (Wildman–Crippen LogP) is 3.04. The molecule has 1 aromatic rings. The van der Waals surface area contributed by atoms with Gasteiger partial charge in [0.15, 0.2) is 5.60 Å². The summed E-state index contributed by atoms with van der Waals surface area (Å²) >= 11 is 6.22. The molecule has 21 heavy (non-hydrogen) atoms. The van der Waals surface area contributed by atoms with Crippen LogP contribution in [0.3, 0.4) is 0 Å². The molecule has 1 aromatic carbocycles. The molecule has 1 aliphatic rings. The van der Waals surface area contributed by atoms with E-state index >= 15 is 0 Å². The molecule has 2 rings (SSSR count). The van der Waals surface area contributed by atoms with E-state index in [0.29, 0.717) is 22.8 Å². The first kappa shape index (κ1) is 16.0. The molecular formula is C16H20ClNO3. The number of unbranched alkanes of at least 4 members (excludes halogenated alkanes) is 2. The second-order valence-electron chi connectivity index (χ2n) is 5.54. The molecular weight excluding hydrogens is 290 g/mol. The van der Waals surface area contributed by atoms with E-state index in [9.17, 15) is 14.7 Å². The average Bonchev–Trinajstić information content (AvgIpc) is 2.62. The van der Waals surface area contributed by atoms with Crippen LogP contribution in [0.25, 0.3) is 0 Å². The van der Waals surface area contributed by atoms with E-state index in [-0.39, 0.29) is 12.2 Å². The fourth-order valence-corrected chi connectivity index (χ4v) is 3.10. The maximum absolute atomic E-state index is 12.6. The molecule has 0 bridgehead atoms. The number of ketones is 1. The molecule has 0 fully saturated rings. The molecule has 0 spiro atoms. The van der Waals surface area contributed by atoms with Gasteiger partial charge in [0, 0.05) is 18.5 Å². The van der Waals surface area contributed by atoms with E-state index < -0.39 is 11.5 Å². The van der Waals surface area contributed by atoms with Gasteiger partial charge in [-0.1, -0.05) is 43.5 Å². The number of hydrogen-bond acceptors (Lipinski definition) is 3. The first-order chi connectivity index (χ1) is 9.91. The summed E-state index contributed by atoms with van der Waals surface area (Å²) in [7, 11) is 0. The van der Waals surface area contributed by atoms with Crippen LogP contribution in [0, 0.1) is 0 Å². The minimum atomic E-state index is -1.78. The lowest BCUT2D eigenvalue weighted by Gasteiger charge is -2.22. The third-order valence-electron chi connectivity index (χ3n) is 3.79. The van der Waals surface area contributed by atoms with Crippen LogP contribution in [0.1, 0.15) is 45.1 Å². The van der Waals surface area contributed by atoms with Crippen LogP contribution >= 0.6 is 11.6 Å². The highest BCUT2D eigenvalue weighted by molar-refractivity contribution is 6.35. The summed E-state index contributed by atoms with van der Waals surface area (Å²) in [5.41, 5.74) is -0.797. The molecule has 1 unspecified atom stereocenters. The number of halogens is 1. The first-order valence-corrected chi connectivity index (χ1v) is 7.62. The third kappa shape index (κ3) is 2.83. The van der Waals surface area contributed by atoms with Crippen molar-refractivity contribution >= 4 is 29.0 Å². The second-order valence-corrected chi connectivity index (χ2v) is 5.95. The monoisotopic (exact) mass is 309 g/mol. The van der Waals surface area contributed by atoms with Gasteiger partial charge in [-0.05, 0) is 19.4 Å². The van der Waals surface area contributed by atoms with Crippen LogP contribution in [0.15, 0.2) is 18.2 Å². The summed E-state index contributed by atoms with van der Waals surface area (Å²) in [5.74, 6) is -0.677. The number of hydrogen-bond donors (Lipinski definition) is 1. The Labute approximate surface area is 129 Å². The average molecular weight is 310 g/mol. The molecule has 1 aliphatic heterocycles. The lowest BCUT2D eigenvalue weighted by Crippen LogP contribution is -2.41. The molecule has 1 heterocycles. The van der Waals surface area contributed by atoms with Crippen LogP contribution in [0.2, 0.25) is 5.02 Å². The summed E-state index contributed by atoms with van der Waals surface area (Å²) in [6.07, 6.45) is 2.65. The van der Waals surface area contributed by atoms with Crippen LogP contribution in [-0.2, 0) is 15.2 Å². The summed E-state index contributed by atoms with van der Waals surface area (Å²) in [6.45, 7) is 3.96. The Morgan fingerprint density at radius 1 is 1.38 bits per heavy atom. The molecule has 1 amide bonds. The highest BCUT2D eigenvalue weighted by Gasteiger charge is 2.50. The number of para-hydroxylation sites is 1. The number of benzene rings is 1. The van der Waals surface area contributed by atoms with Gasteiger partial charge in [0.1, 0.15) is 5.78 Å². The number of rotatable bonds is 6. The Hall–Kier alpha value is -1.39. The topological polar surface area (TPSA) is 57.6 Å². The van der Waals surface area contributed by atoms with Gasteiger partial charge in [-0.2, -0.15) is 0 Å². The summed E-state index contributed by atoms with van der Waals surface area (Å²) in [4.78, 5) is 25.6. The molecule has 114 valence electrons. The van der Waals surface area contributed by atoms with E-state index in [1.54, 1.807) is 18.2 Å². The Morgan fingerprint density at radius 3 is 2.71 bits per heavy atom. The molecule has 0 radical (unpaired) electrons. The fraction of sp³-hybridized carbons (Fsp3) is 0.500. The highest BCUT2D eigenvalue weighted by Crippen LogP contribution is 2.46. The van der Waals surface area contributed by atoms with Gasteiger partial charge in [-0.25, -0.2) is 0 Å². The maximum atomic E-state index is 12.6.